The average molecular weight is 367 g/mol. The molecule has 0 atom stereocenters. The molecule has 4 nitrogen and oxygen atoms in total. The standard InChI is InChI=1S/C20H18FN3OS/c1-12-2-9-17-16(10-12)20(26-11-18(25)22-15-7-8-15)24-19(23-17)13-3-5-14(21)6-4-13/h2-6,9-10,15H,7-8,11H2,1H3,(H,22,25). The van der Waals surface area contributed by atoms with E-state index in [2.05, 4.69) is 15.3 Å². The Bertz CT molecular complexity index is 971. The minimum atomic E-state index is -0.295. The molecule has 6 heteroatoms. The maximum atomic E-state index is 13.2. The number of thioether (sulfide) groups is 1. The summed E-state index contributed by atoms with van der Waals surface area (Å²) in [4.78, 5) is 21.3. The molecule has 0 unspecified atom stereocenters. The fourth-order valence-electron chi connectivity index (χ4n) is 2.68. The second kappa shape index (κ2) is 7.03. The third-order valence-electron chi connectivity index (χ3n) is 4.20. The van der Waals surface area contributed by atoms with E-state index in [0.717, 1.165) is 39.9 Å². The number of amides is 1. The van der Waals surface area contributed by atoms with Crippen molar-refractivity contribution in [3.05, 3.63) is 53.8 Å². The van der Waals surface area contributed by atoms with Gasteiger partial charge in [-0.25, -0.2) is 14.4 Å². The Kier molecular flexibility index (Phi) is 4.59. The van der Waals surface area contributed by atoms with Crippen LogP contribution in [0.1, 0.15) is 18.4 Å². The molecule has 1 saturated carbocycles. The highest BCUT2D eigenvalue weighted by Crippen LogP contribution is 2.29. The summed E-state index contributed by atoms with van der Waals surface area (Å²) in [5.74, 6) is 0.586. The predicted molar refractivity (Wildman–Crippen MR) is 102 cm³/mol. The number of nitrogens with one attached hydrogen (secondary N) is 1. The molecule has 1 amide bonds. The molecule has 3 aromatic rings. The van der Waals surface area contributed by atoms with Crippen LogP contribution in [-0.2, 0) is 4.79 Å². The number of aryl methyl sites for hydroxylation is 1. The zero-order valence-electron chi connectivity index (χ0n) is 14.3. The Balaban J connectivity index is 1.69. The highest BCUT2D eigenvalue weighted by atomic mass is 32.2. The molecule has 0 aliphatic heterocycles. The first-order valence-electron chi connectivity index (χ1n) is 8.55. The van der Waals surface area contributed by atoms with Crippen LogP contribution in [0.3, 0.4) is 0 Å². The molecular weight excluding hydrogens is 349 g/mol. The predicted octanol–water partition coefficient (Wildman–Crippen LogP) is 4.12. The summed E-state index contributed by atoms with van der Waals surface area (Å²) in [6, 6.07) is 12.5. The van der Waals surface area contributed by atoms with Crippen molar-refractivity contribution in [2.24, 2.45) is 0 Å². The smallest absolute Gasteiger partial charge is 0.230 e. The van der Waals surface area contributed by atoms with Crippen LogP contribution in [0, 0.1) is 12.7 Å². The molecule has 2 aromatic carbocycles. The topological polar surface area (TPSA) is 54.9 Å². The van der Waals surface area contributed by atoms with Crippen molar-refractivity contribution < 1.29 is 9.18 Å². The number of hydrogen-bond acceptors (Lipinski definition) is 4. The van der Waals surface area contributed by atoms with E-state index in [1.807, 2.05) is 25.1 Å². The van der Waals surface area contributed by atoms with Gasteiger partial charge < -0.3 is 5.32 Å². The first-order valence-corrected chi connectivity index (χ1v) is 9.53. The molecule has 1 N–H and O–H groups in total. The van der Waals surface area contributed by atoms with Crippen LogP contribution in [0.25, 0.3) is 22.3 Å². The van der Waals surface area contributed by atoms with Crippen molar-refractivity contribution in [2.75, 3.05) is 5.75 Å². The number of carbonyl (C=O) groups is 1. The fourth-order valence-corrected chi connectivity index (χ4v) is 3.50. The van der Waals surface area contributed by atoms with Gasteiger partial charge in [-0.2, -0.15) is 0 Å². The summed E-state index contributed by atoms with van der Waals surface area (Å²) in [5.41, 5.74) is 2.67. The molecular formula is C20H18FN3OS. The van der Waals surface area contributed by atoms with E-state index in [0.29, 0.717) is 17.6 Å². The number of carbonyl (C=O) groups excluding carboxylic acids is 1. The summed E-state index contributed by atoms with van der Waals surface area (Å²) in [6.45, 7) is 2.02. The molecule has 1 aliphatic carbocycles. The number of halogens is 1. The van der Waals surface area contributed by atoms with Gasteiger partial charge in [0.1, 0.15) is 10.8 Å². The van der Waals surface area contributed by atoms with Crippen LogP contribution in [0.5, 0.6) is 0 Å². The normalized spacial score (nSPS) is 13.8. The molecule has 0 spiro atoms. The van der Waals surface area contributed by atoms with Gasteiger partial charge in [-0.05, 0) is 56.2 Å². The fraction of sp³-hybridized carbons (Fsp3) is 0.250. The van der Waals surface area contributed by atoms with E-state index in [4.69, 9.17) is 0 Å². The van der Waals surface area contributed by atoms with Gasteiger partial charge in [-0.15, -0.1) is 0 Å². The summed E-state index contributed by atoms with van der Waals surface area (Å²) in [6.07, 6.45) is 2.14. The summed E-state index contributed by atoms with van der Waals surface area (Å²) < 4.78 is 13.2. The molecule has 26 heavy (non-hydrogen) atoms. The lowest BCUT2D eigenvalue weighted by molar-refractivity contribution is -0.118. The third-order valence-corrected chi connectivity index (χ3v) is 5.19. The first-order chi connectivity index (χ1) is 12.6. The van der Waals surface area contributed by atoms with Crippen LogP contribution >= 0.6 is 11.8 Å². The Labute approximate surface area is 155 Å². The van der Waals surface area contributed by atoms with Crippen LogP contribution in [-0.4, -0.2) is 27.7 Å². The molecule has 1 fully saturated rings. The van der Waals surface area contributed by atoms with Gasteiger partial charge in [0.2, 0.25) is 5.91 Å². The number of benzene rings is 2. The second-order valence-corrected chi connectivity index (χ2v) is 7.47. The van der Waals surface area contributed by atoms with Gasteiger partial charge in [0.15, 0.2) is 5.82 Å². The number of hydrogen-bond donors (Lipinski definition) is 1. The van der Waals surface area contributed by atoms with E-state index in [1.165, 1.54) is 23.9 Å². The van der Waals surface area contributed by atoms with Gasteiger partial charge in [-0.1, -0.05) is 23.4 Å². The van der Waals surface area contributed by atoms with Gasteiger partial charge in [-0.3, -0.25) is 4.79 Å². The SMILES string of the molecule is Cc1ccc2nc(-c3ccc(F)cc3)nc(SCC(=O)NC3CC3)c2c1. The number of nitrogens with zero attached hydrogens (tertiary/aromatic N) is 2. The quantitative estimate of drug-likeness (QED) is 0.545. The number of fused-ring (bicyclic) bond motifs is 1. The molecule has 0 saturated heterocycles. The van der Waals surface area contributed by atoms with E-state index < -0.39 is 0 Å². The van der Waals surface area contributed by atoms with E-state index in [9.17, 15) is 9.18 Å². The lowest BCUT2D eigenvalue weighted by Crippen LogP contribution is -2.27. The summed E-state index contributed by atoms with van der Waals surface area (Å²) in [5, 5.41) is 4.69. The number of rotatable bonds is 5. The zero-order chi connectivity index (χ0) is 18.1. The Hall–Kier alpha value is -2.47. The Morgan fingerprint density at radius 2 is 1.96 bits per heavy atom. The first kappa shape index (κ1) is 17.0. The molecule has 1 heterocycles. The Morgan fingerprint density at radius 1 is 1.19 bits per heavy atom. The van der Waals surface area contributed by atoms with Gasteiger partial charge in [0.05, 0.1) is 11.3 Å². The molecule has 0 radical (unpaired) electrons. The van der Waals surface area contributed by atoms with Crippen molar-refractivity contribution in [2.45, 2.75) is 30.8 Å². The summed E-state index contributed by atoms with van der Waals surface area (Å²) >= 11 is 1.41. The van der Waals surface area contributed by atoms with E-state index in [1.54, 1.807) is 12.1 Å². The van der Waals surface area contributed by atoms with Crippen molar-refractivity contribution in [1.29, 1.82) is 0 Å². The van der Waals surface area contributed by atoms with E-state index >= 15 is 0 Å². The zero-order valence-corrected chi connectivity index (χ0v) is 15.1. The van der Waals surface area contributed by atoms with Gasteiger partial charge in [0, 0.05) is 17.0 Å². The largest absolute Gasteiger partial charge is 0.353 e. The maximum Gasteiger partial charge on any atom is 0.230 e. The molecule has 0 bridgehead atoms. The molecule has 1 aromatic heterocycles. The molecule has 1 aliphatic rings. The third kappa shape index (κ3) is 3.85. The van der Waals surface area contributed by atoms with Crippen molar-refractivity contribution in [1.82, 2.24) is 15.3 Å². The van der Waals surface area contributed by atoms with Crippen LogP contribution in [0.4, 0.5) is 4.39 Å². The monoisotopic (exact) mass is 367 g/mol. The van der Waals surface area contributed by atoms with Crippen molar-refractivity contribution >= 4 is 28.6 Å². The minimum absolute atomic E-state index is 0.0280. The van der Waals surface area contributed by atoms with E-state index in [-0.39, 0.29) is 11.7 Å². The Morgan fingerprint density at radius 3 is 2.69 bits per heavy atom. The second-order valence-electron chi connectivity index (χ2n) is 6.51. The highest BCUT2D eigenvalue weighted by molar-refractivity contribution is 8.00. The lowest BCUT2D eigenvalue weighted by Gasteiger charge is -2.10. The van der Waals surface area contributed by atoms with Crippen molar-refractivity contribution in [3.8, 4) is 11.4 Å². The van der Waals surface area contributed by atoms with Crippen molar-refractivity contribution in [3.63, 3.8) is 0 Å². The number of aromatic nitrogens is 2. The maximum absolute atomic E-state index is 13.2. The molecule has 132 valence electrons. The average Bonchev–Trinajstić information content (AvgIpc) is 3.44. The minimum Gasteiger partial charge on any atom is -0.353 e. The lowest BCUT2D eigenvalue weighted by atomic mass is 10.1. The van der Waals surface area contributed by atoms with Crippen LogP contribution in [0.2, 0.25) is 0 Å². The van der Waals surface area contributed by atoms with Crippen LogP contribution in [0.15, 0.2) is 47.5 Å². The highest BCUT2D eigenvalue weighted by Gasteiger charge is 2.23. The van der Waals surface area contributed by atoms with Gasteiger partial charge in [0.25, 0.3) is 0 Å². The van der Waals surface area contributed by atoms with Crippen LogP contribution < -0.4 is 5.32 Å². The molecule has 4 rings (SSSR count). The van der Waals surface area contributed by atoms with Gasteiger partial charge >= 0.3 is 0 Å². The summed E-state index contributed by atoms with van der Waals surface area (Å²) in [7, 11) is 0.